The number of nitrogens with two attached hydrogens (primary N) is 1. The van der Waals surface area contributed by atoms with Crippen LogP contribution >= 0.6 is 0 Å². The molecule has 0 aromatic rings. The lowest BCUT2D eigenvalue weighted by atomic mass is 9.60. The van der Waals surface area contributed by atoms with Crippen LogP contribution in [-0.4, -0.2) is 6.04 Å². The largest absolute Gasteiger partial charge is 0.327 e. The van der Waals surface area contributed by atoms with E-state index in [1.807, 2.05) is 0 Å². The summed E-state index contributed by atoms with van der Waals surface area (Å²) in [4.78, 5) is 0. The molecule has 2 aliphatic rings. The highest BCUT2D eigenvalue weighted by Gasteiger charge is 2.54. The second-order valence-corrected chi connectivity index (χ2v) is 4.78. The smallest absolute Gasteiger partial charge is 0.0101 e. The van der Waals surface area contributed by atoms with Gasteiger partial charge in [-0.05, 0) is 36.0 Å². The van der Waals surface area contributed by atoms with Gasteiger partial charge in [0.05, 0.1) is 0 Å². The summed E-state index contributed by atoms with van der Waals surface area (Å²) in [6.07, 6.45) is 1.41. The normalized spacial score (nSPS) is 62.2. The Morgan fingerprint density at radius 2 is 1.55 bits per heavy atom. The molecular formula is C10H19N. The summed E-state index contributed by atoms with van der Waals surface area (Å²) in [5, 5.41) is 0. The molecule has 0 heterocycles. The maximum Gasteiger partial charge on any atom is 0.0101 e. The number of hydrogen-bond acceptors (Lipinski definition) is 1. The van der Waals surface area contributed by atoms with Gasteiger partial charge in [-0.15, -0.1) is 0 Å². The van der Waals surface area contributed by atoms with Crippen LogP contribution in [0.4, 0.5) is 0 Å². The van der Waals surface area contributed by atoms with Gasteiger partial charge in [0.25, 0.3) is 0 Å². The Morgan fingerprint density at radius 1 is 1.00 bits per heavy atom. The molecule has 2 rings (SSSR count). The minimum absolute atomic E-state index is 0.514. The van der Waals surface area contributed by atoms with E-state index >= 15 is 0 Å². The van der Waals surface area contributed by atoms with Crippen molar-refractivity contribution >= 4 is 0 Å². The van der Waals surface area contributed by atoms with E-state index in [0.717, 1.165) is 29.6 Å². The molecule has 0 radical (unpaired) electrons. The van der Waals surface area contributed by atoms with E-state index in [0.29, 0.717) is 6.04 Å². The third-order valence-corrected chi connectivity index (χ3v) is 4.16. The molecule has 2 N–H and O–H groups in total. The molecule has 6 unspecified atom stereocenters. The summed E-state index contributed by atoms with van der Waals surface area (Å²) >= 11 is 0. The zero-order chi connectivity index (χ0) is 8.17. The predicted molar refractivity (Wildman–Crippen MR) is 47.1 cm³/mol. The zero-order valence-corrected chi connectivity index (χ0v) is 7.75. The SMILES string of the molecule is CC1CC(C)C2C(N)C(C)C12. The summed E-state index contributed by atoms with van der Waals surface area (Å²) < 4.78 is 0. The van der Waals surface area contributed by atoms with Crippen molar-refractivity contribution in [1.29, 1.82) is 0 Å². The first-order valence-corrected chi connectivity index (χ1v) is 4.88. The average molecular weight is 153 g/mol. The van der Waals surface area contributed by atoms with Gasteiger partial charge in [0.15, 0.2) is 0 Å². The van der Waals surface area contributed by atoms with Crippen LogP contribution in [0, 0.1) is 29.6 Å². The Hall–Kier alpha value is -0.0400. The Bertz CT molecular complexity index is 140. The molecule has 2 fully saturated rings. The van der Waals surface area contributed by atoms with E-state index < -0.39 is 0 Å². The summed E-state index contributed by atoms with van der Waals surface area (Å²) in [5.41, 5.74) is 6.06. The topological polar surface area (TPSA) is 26.0 Å². The molecule has 0 aromatic carbocycles. The maximum absolute atomic E-state index is 6.06. The van der Waals surface area contributed by atoms with Gasteiger partial charge in [-0.25, -0.2) is 0 Å². The minimum atomic E-state index is 0.514. The molecule has 0 aliphatic heterocycles. The van der Waals surface area contributed by atoms with Gasteiger partial charge in [0.1, 0.15) is 0 Å². The van der Waals surface area contributed by atoms with Crippen LogP contribution in [0.2, 0.25) is 0 Å². The molecule has 6 atom stereocenters. The highest BCUT2D eigenvalue weighted by Crippen LogP contribution is 2.55. The second kappa shape index (κ2) is 2.22. The zero-order valence-electron chi connectivity index (χ0n) is 7.75. The highest BCUT2D eigenvalue weighted by atomic mass is 14.8. The van der Waals surface area contributed by atoms with Crippen molar-refractivity contribution < 1.29 is 0 Å². The van der Waals surface area contributed by atoms with Gasteiger partial charge < -0.3 is 5.73 Å². The van der Waals surface area contributed by atoms with Gasteiger partial charge in [0.2, 0.25) is 0 Å². The molecular weight excluding hydrogens is 134 g/mol. The molecule has 11 heavy (non-hydrogen) atoms. The van der Waals surface area contributed by atoms with Crippen molar-refractivity contribution in [2.24, 2.45) is 35.3 Å². The van der Waals surface area contributed by atoms with Crippen LogP contribution in [-0.2, 0) is 0 Å². The third-order valence-electron chi connectivity index (χ3n) is 4.16. The first-order valence-electron chi connectivity index (χ1n) is 4.88. The highest BCUT2D eigenvalue weighted by molar-refractivity contribution is 5.06. The van der Waals surface area contributed by atoms with Crippen LogP contribution in [0.1, 0.15) is 27.2 Å². The van der Waals surface area contributed by atoms with Crippen molar-refractivity contribution in [2.75, 3.05) is 0 Å². The first-order chi connectivity index (χ1) is 5.13. The summed E-state index contributed by atoms with van der Waals surface area (Å²) in [7, 11) is 0. The fourth-order valence-electron chi connectivity index (χ4n) is 3.63. The third kappa shape index (κ3) is 0.807. The molecule has 1 heteroatoms. The quantitative estimate of drug-likeness (QED) is 0.565. The van der Waals surface area contributed by atoms with Gasteiger partial charge in [-0.3, -0.25) is 0 Å². The molecule has 0 spiro atoms. The summed E-state index contributed by atoms with van der Waals surface area (Å²) in [6, 6.07) is 0.514. The maximum atomic E-state index is 6.06. The van der Waals surface area contributed by atoms with Gasteiger partial charge in [0, 0.05) is 6.04 Å². The fraction of sp³-hybridized carbons (Fsp3) is 1.00. The van der Waals surface area contributed by atoms with Crippen LogP contribution in [0.5, 0.6) is 0 Å². The number of fused-ring (bicyclic) bond motifs is 1. The lowest BCUT2D eigenvalue weighted by Gasteiger charge is -2.48. The lowest BCUT2D eigenvalue weighted by Crippen LogP contribution is -2.55. The Kier molecular flexibility index (Phi) is 1.54. The molecule has 64 valence electrons. The second-order valence-electron chi connectivity index (χ2n) is 4.78. The van der Waals surface area contributed by atoms with Gasteiger partial charge >= 0.3 is 0 Å². The Labute approximate surface area is 69.4 Å². The number of hydrogen-bond donors (Lipinski definition) is 1. The molecule has 1 nitrogen and oxygen atoms in total. The van der Waals surface area contributed by atoms with Crippen molar-refractivity contribution in [3.63, 3.8) is 0 Å². The van der Waals surface area contributed by atoms with Crippen LogP contribution in [0.15, 0.2) is 0 Å². The average Bonchev–Trinajstić information content (AvgIpc) is 2.21. The number of rotatable bonds is 0. The van der Waals surface area contributed by atoms with Crippen LogP contribution in [0.25, 0.3) is 0 Å². The summed E-state index contributed by atoms with van der Waals surface area (Å²) in [5.74, 6) is 4.44. The molecule has 0 bridgehead atoms. The Morgan fingerprint density at radius 3 is 2.09 bits per heavy atom. The van der Waals surface area contributed by atoms with E-state index in [1.54, 1.807) is 0 Å². The van der Waals surface area contributed by atoms with Crippen molar-refractivity contribution in [3.8, 4) is 0 Å². The molecule has 0 amide bonds. The van der Waals surface area contributed by atoms with Gasteiger partial charge in [-0.2, -0.15) is 0 Å². The van der Waals surface area contributed by atoms with E-state index in [1.165, 1.54) is 6.42 Å². The monoisotopic (exact) mass is 153 g/mol. The van der Waals surface area contributed by atoms with E-state index in [4.69, 9.17) is 5.73 Å². The van der Waals surface area contributed by atoms with Crippen molar-refractivity contribution in [2.45, 2.75) is 33.2 Å². The van der Waals surface area contributed by atoms with E-state index in [9.17, 15) is 0 Å². The predicted octanol–water partition coefficient (Wildman–Crippen LogP) is 1.87. The standard InChI is InChI=1S/C10H19N/c1-5-4-6(2)9-8(5)7(3)10(9)11/h5-10H,4,11H2,1-3H3. The molecule has 0 saturated heterocycles. The minimum Gasteiger partial charge on any atom is -0.327 e. The first kappa shape index (κ1) is 7.60. The molecule has 2 aliphatic carbocycles. The Balaban J connectivity index is 2.14. The molecule has 2 saturated carbocycles. The van der Waals surface area contributed by atoms with Crippen LogP contribution in [0.3, 0.4) is 0 Å². The van der Waals surface area contributed by atoms with E-state index in [-0.39, 0.29) is 0 Å². The summed E-state index contributed by atoms with van der Waals surface area (Å²) in [6.45, 7) is 7.08. The van der Waals surface area contributed by atoms with E-state index in [2.05, 4.69) is 20.8 Å². The van der Waals surface area contributed by atoms with Crippen molar-refractivity contribution in [3.05, 3.63) is 0 Å². The lowest BCUT2D eigenvalue weighted by molar-refractivity contribution is 0.0358. The fourth-order valence-corrected chi connectivity index (χ4v) is 3.63. The van der Waals surface area contributed by atoms with Crippen molar-refractivity contribution in [1.82, 2.24) is 0 Å². The molecule has 0 aromatic heterocycles. The van der Waals surface area contributed by atoms with Gasteiger partial charge in [-0.1, -0.05) is 20.8 Å². The van der Waals surface area contributed by atoms with Crippen LogP contribution < -0.4 is 5.73 Å².